The van der Waals surface area contributed by atoms with Gasteiger partial charge in [0.2, 0.25) is 0 Å². The number of piperazine rings is 1. The number of nitrogens with one attached hydrogen (secondary N) is 1. The summed E-state index contributed by atoms with van der Waals surface area (Å²) in [5.74, 6) is 0. The fourth-order valence-corrected chi connectivity index (χ4v) is 2.84. The van der Waals surface area contributed by atoms with Crippen LogP contribution in [0.25, 0.3) is 0 Å². The van der Waals surface area contributed by atoms with Gasteiger partial charge in [0.1, 0.15) is 0 Å². The minimum absolute atomic E-state index is 0.287. The van der Waals surface area contributed by atoms with Gasteiger partial charge in [0.15, 0.2) is 0 Å². The molecule has 1 saturated carbocycles. The van der Waals surface area contributed by atoms with Crippen molar-refractivity contribution in [1.82, 2.24) is 10.2 Å². The molecule has 3 nitrogen and oxygen atoms in total. The van der Waals surface area contributed by atoms with Crippen molar-refractivity contribution >= 4 is 0 Å². The highest BCUT2D eigenvalue weighted by molar-refractivity contribution is 4.98. The van der Waals surface area contributed by atoms with Crippen molar-refractivity contribution in [3.05, 3.63) is 0 Å². The average Bonchev–Trinajstić information content (AvgIpc) is 2.94. The summed E-state index contributed by atoms with van der Waals surface area (Å²) in [4.78, 5) is 2.64. The van der Waals surface area contributed by atoms with Gasteiger partial charge in [-0.2, -0.15) is 0 Å². The van der Waals surface area contributed by atoms with Crippen LogP contribution in [0, 0.1) is 5.41 Å². The molecule has 0 bridgehead atoms. The van der Waals surface area contributed by atoms with Crippen LogP contribution in [-0.4, -0.2) is 50.3 Å². The number of hydrogen-bond acceptors (Lipinski definition) is 3. The zero-order valence-corrected chi connectivity index (χ0v) is 11.0. The van der Waals surface area contributed by atoms with Crippen molar-refractivity contribution in [2.45, 2.75) is 38.6 Å². The lowest BCUT2D eigenvalue weighted by Crippen LogP contribution is -2.57. The number of methoxy groups -OCH3 is 1. The summed E-state index contributed by atoms with van der Waals surface area (Å²) in [5.41, 5.74) is 0.888. The lowest BCUT2D eigenvalue weighted by molar-refractivity contribution is 0.109. The van der Waals surface area contributed by atoms with E-state index >= 15 is 0 Å². The molecular weight excluding hydrogens is 200 g/mol. The summed E-state index contributed by atoms with van der Waals surface area (Å²) in [6.07, 6.45) is 4.05. The third-order valence-electron chi connectivity index (χ3n) is 4.00. The van der Waals surface area contributed by atoms with Gasteiger partial charge in [0, 0.05) is 45.4 Å². The normalized spacial score (nSPS) is 27.9. The molecule has 0 radical (unpaired) electrons. The minimum Gasteiger partial charge on any atom is -0.385 e. The third-order valence-corrected chi connectivity index (χ3v) is 4.00. The van der Waals surface area contributed by atoms with E-state index in [4.69, 9.17) is 4.74 Å². The molecule has 2 aliphatic rings. The second-order valence-electron chi connectivity index (χ2n) is 6.26. The van der Waals surface area contributed by atoms with E-state index in [1.807, 2.05) is 7.11 Å². The van der Waals surface area contributed by atoms with E-state index in [1.54, 1.807) is 0 Å². The van der Waals surface area contributed by atoms with Crippen LogP contribution in [0.3, 0.4) is 0 Å². The number of ether oxygens (including phenoxy) is 1. The van der Waals surface area contributed by atoms with E-state index in [0.29, 0.717) is 5.41 Å². The van der Waals surface area contributed by atoms with E-state index in [0.717, 1.165) is 13.2 Å². The Labute approximate surface area is 99.5 Å². The number of hydrogen-bond donors (Lipinski definition) is 1. The average molecular weight is 226 g/mol. The van der Waals surface area contributed by atoms with Crippen LogP contribution in [0.4, 0.5) is 0 Å². The first-order valence-electron chi connectivity index (χ1n) is 6.52. The first kappa shape index (κ1) is 12.3. The molecule has 1 aliphatic carbocycles. The summed E-state index contributed by atoms with van der Waals surface area (Å²) >= 11 is 0. The molecule has 3 heteroatoms. The molecule has 0 atom stereocenters. The highest BCUT2D eigenvalue weighted by atomic mass is 16.5. The second kappa shape index (κ2) is 4.63. The Morgan fingerprint density at radius 2 is 2.06 bits per heavy atom. The lowest BCUT2D eigenvalue weighted by atomic mass is 9.98. The second-order valence-corrected chi connectivity index (χ2v) is 6.26. The fourth-order valence-electron chi connectivity index (χ4n) is 2.84. The van der Waals surface area contributed by atoms with E-state index in [2.05, 4.69) is 24.1 Å². The molecular formula is C13H26N2O. The maximum Gasteiger partial charge on any atom is 0.0468 e. The highest BCUT2D eigenvalue weighted by Gasteiger charge is 2.44. The molecule has 0 amide bonds. The van der Waals surface area contributed by atoms with Crippen molar-refractivity contribution in [2.24, 2.45) is 5.41 Å². The predicted molar refractivity (Wildman–Crippen MR) is 66.7 cm³/mol. The Morgan fingerprint density at radius 3 is 2.62 bits per heavy atom. The number of rotatable bonds is 5. The molecule has 16 heavy (non-hydrogen) atoms. The molecule has 0 aromatic carbocycles. The predicted octanol–water partition coefficient (Wildman–Crippen LogP) is 1.49. The van der Waals surface area contributed by atoms with Gasteiger partial charge in [-0.3, -0.25) is 4.90 Å². The molecule has 1 heterocycles. The number of nitrogens with zero attached hydrogens (tertiary/aromatic N) is 1. The molecule has 2 rings (SSSR count). The van der Waals surface area contributed by atoms with Crippen LogP contribution in [0.2, 0.25) is 0 Å². The van der Waals surface area contributed by atoms with Crippen molar-refractivity contribution < 1.29 is 4.74 Å². The molecule has 0 unspecified atom stereocenters. The van der Waals surface area contributed by atoms with Gasteiger partial charge in [-0.1, -0.05) is 0 Å². The van der Waals surface area contributed by atoms with Crippen molar-refractivity contribution in [3.8, 4) is 0 Å². The Hall–Kier alpha value is -0.120. The maximum atomic E-state index is 5.22. The van der Waals surface area contributed by atoms with Gasteiger partial charge in [0.25, 0.3) is 0 Å². The van der Waals surface area contributed by atoms with Crippen LogP contribution in [0.15, 0.2) is 0 Å². The van der Waals surface area contributed by atoms with E-state index < -0.39 is 0 Å². The first-order chi connectivity index (χ1) is 7.55. The summed E-state index contributed by atoms with van der Waals surface area (Å²) in [6.45, 7) is 10.3. The molecule has 0 aromatic heterocycles. The van der Waals surface area contributed by atoms with Crippen LogP contribution in [-0.2, 0) is 4.74 Å². The smallest absolute Gasteiger partial charge is 0.0468 e. The van der Waals surface area contributed by atoms with Gasteiger partial charge >= 0.3 is 0 Å². The molecule has 0 spiro atoms. The van der Waals surface area contributed by atoms with E-state index in [-0.39, 0.29) is 5.54 Å². The molecule has 1 aliphatic heterocycles. The zero-order chi connectivity index (χ0) is 11.6. The van der Waals surface area contributed by atoms with Gasteiger partial charge in [-0.05, 0) is 38.5 Å². The summed E-state index contributed by atoms with van der Waals surface area (Å²) in [5, 5.41) is 3.57. The van der Waals surface area contributed by atoms with Crippen LogP contribution < -0.4 is 5.32 Å². The van der Waals surface area contributed by atoms with Crippen LogP contribution in [0.5, 0.6) is 0 Å². The Kier molecular flexibility index (Phi) is 3.57. The largest absolute Gasteiger partial charge is 0.385 e. The van der Waals surface area contributed by atoms with E-state index in [1.165, 1.54) is 38.9 Å². The quantitative estimate of drug-likeness (QED) is 0.768. The Morgan fingerprint density at radius 1 is 1.31 bits per heavy atom. The SMILES string of the molecule is COCCC1(CN2CCNC(C)(C)C2)CC1. The van der Waals surface area contributed by atoms with Gasteiger partial charge in [0.05, 0.1) is 0 Å². The molecule has 94 valence electrons. The van der Waals surface area contributed by atoms with Crippen LogP contribution in [0.1, 0.15) is 33.1 Å². The van der Waals surface area contributed by atoms with Gasteiger partial charge in [-0.15, -0.1) is 0 Å². The van der Waals surface area contributed by atoms with E-state index in [9.17, 15) is 0 Å². The molecule has 2 fully saturated rings. The standard InChI is InChI=1S/C13H26N2O/c1-12(2)10-15(8-7-14-12)11-13(4-5-13)6-9-16-3/h14H,4-11H2,1-3H3. The highest BCUT2D eigenvalue weighted by Crippen LogP contribution is 2.49. The lowest BCUT2D eigenvalue weighted by Gasteiger charge is -2.40. The van der Waals surface area contributed by atoms with Crippen molar-refractivity contribution in [3.63, 3.8) is 0 Å². The van der Waals surface area contributed by atoms with Gasteiger partial charge < -0.3 is 10.1 Å². The summed E-state index contributed by atoms with van der Waals surface area (Å²) < 4.78 is 5.22. The molecule has 1 saturated heterocycles. The minimum atomic E-state index is 0.287. The zero-order valence-electron chi connectivity index (χ0n) is 11.0. The fraction of sp³-hybridized carbons (Fsp3) is 1.00. The monoisotopic (exact) mass is 226 g/mol. The van der Waals surface area contributed by atoms with Gasteiger partial charge in [-0.25, -0.2) is 0 Å². The molecule has 0 aromatic rings. The summed E-state index contributed by atoms with van der Waals surface area (Å²) in [7, 11) is 1.81. The van der Waals surface area contributed by atoms with Crippen molar-refractivity contribution in [1.29, 1.82) is 0 Å². The first-order valence-corrected chi connectivity index (χ1v) is 6.52. The summed E-state index contributed by atoms with van der Waals surface area (Å²) in [6, 6.07) is 0. The topological polar surface area (TPSA) is 24.5 Å². The Bertz CT molecular complexity index is 236. The Balaban J connectivity index is 1.80. The van der Waals surface area contributed by atoms with Crippen LogP contribution >= 0.6 is 0 Å². The van der Waals surface area contributed by atoms with Crippen molar-refractivity contribution in [2.75, 3.05) is 39.9 Å². The molecule has 1 N–H and O–H groups in total. The third kappa shape index (κ3) is 3.19. The maximum absolute atomic E-state index is 5.22.